The fourth-order valence-corrected chi connectivity index (χ4v) is 1.18. The van der Waals surface area contributed by atoms with Crippen molar-refractivity contribution >= 4 is 17.0 Å². The van der Waals surface area contributed by atoms with Crippen LogP contribution in [-0.2, 0) is 15.8 Å². The molecule has 0 amide bonds. The Bertz CT molecular complexity index is 148. The first-order valence-corrected chi connectivity index (χ1v) is 4.17. The van der Waals surface area contributed by atoms with Crippen LogP contribution in [0.15, 0.2) is 0 Å². The van der Waals surface area contributed by atoms with Gasteiger partial charge in [0.2, 0.25) is 0 Å². The zero-order chi connectivity index (χ0) is 8.15. The third-order valence-electron chi connectivity index (χ3n) is 0.953. The molecule has 0 heterocycles. The van der Waals surface area contributed by atoms with E-state index in [-0.39, 0.29) is 6.54 Å². The van der Waals surface area contributed by atoms with Crippen molar-refractivity contribution in [2.45, 2.75) is 6.92 Å². The topological polar surface area (TPSA) is 57.6 Å². The second-order valence-corrected chi connectivity index (χ2v) is 3.63. The van der Waals surface area contributed by atoms with Gasteiger partial charge in [0.25, 0.3) is 0 Å². The minimum atomic E-state index is -1.14. The molecule has 1 N–H and O–H groups in total. The van der Waals surface area contributed by atoms with Crippen molar-refractivity contribution in [1.29, 1.82) is 0 Å². The van der Waals surface area contributed by atoms with E-state index in [4.69, 9.17) is 5.11 Å². The van der Waals surface area contributed by atoms with Gasteiger partial charge in [-0.15, -0.1) is 0 Å². The molecule has 5 heteroatoms. The Morgan fingerprint density at radius 2 is 2.20 bits per heavy atom. The van der Waals surface area contributed by atoms with E-state index in [9.17, 15) is 9.00 Å². The number of carboxylic acids is 1. The molecule has 0 aromatic rings. The molecule has 60 valence electrons. The molecule has 0 rings (SSSR count). The zero-order valence-electron chi connectivity index (χ0n) is 6.03. The standard InChI is InChI=1S/C5H11NO3S/c1-3-10(9)6(2)4-5(7)8/h3-4H2,1-2H3,(H,7,8). The van der Waals surface area contributed by atoms with Gasteiger partial charge in [0.05, 0.1) is 11.0 Å². The molecule has 0 spiro atoms. The second kappa shape index (κ2) is 4.40. The fourth-order valence-electron chi connectivity index (χ4n) is 0.483. The van der Waals surface area contributed by atoms with Crippen molar-refractivity contribution in [3.63, 3.8) is 0 Å². The fraction of sp³-hybridized carbons (Fsp3) is 0.800. The normalized spacial score (nSPS) is 13.5. The lowest BCUT2D eigenvalue weighted by molar-refractivity contribution is -0.136. The van der Waals surface area contributed by atoms with E-state index in [2.05, 4.69) is 0 Å². The van der Waals surface area contributed by atoms with Crippen LogP contribution in [0.1, 0.15) is 6.92 Å². The van der Waals surface area contributed by atoms with Crippen molar-refractivity contribution in [1.82, 2.24) is 4.31 Å². The smallest absolute Gasteiger partial charge is 0.318 e. The van der Waals surface area contributed by atoms with Crippen molar-refractivity contribution in [3.05, 3.63) is 0 Å². The van der Waals surface area contributed by atoms with Crippen molar-refractivity contribution in [2.75, 3.05) is 19.3 Å². The van der Waals surface area contributed by atoms with E-state index >= 15 is 0 Å². The van der Waals surface area contributed by atoms with Crippen LogP contribution in [0, 0.1) is 0 Å². The molecule has 0 aliphatic rings. The van der Waals surface area contributed by atoms with Crippen LogP contribution >= 0.6 is 0 Å². The number of carbonyl (C=O) groups is 1. The molecule has 4 nitrogen and oxygen atoms in total. The van der Waals surface area contributed by atoms with Gasteiger partial charge in [-0.1, -0.05) is 6.92 Å². The highest BCUT2D eigenvalue weighted by Gasteiger charge is 2.08. The summed E-state index contributed by atoms with van der Waals surface area (Å²) >= 11 is 0. The highest BCUT2D eigenvalue weighted by atomic mass is 32.2. The predicted octanol–water partition coefficient (Wildman–Crippen LogP) is -0.314. The molecule has 0 fully saturated rings. The summed E-state index contributed by atoms with van der Waals surface area (Å²) in [4.78, 5) is 10.1. The van der Waals surface area contributed by atoms with Gasteiger partial charge in [-0.05, 0) is 0 Å². The molecule has 0 aromatic carbocycles. The predicted molar refractivity (Wildman–Crippen MR) is 38.9 cm³/mol. The Kier molecular flexibility index (Phi) is 4.22. The first-order valence-electron chi connectivity index (χ1n) is 2.89. The molecule has 0 aromatic heterocycles. The van der Waals surface area contributed by atoms with Gasteiger partial charge >= 0.3 is 5.97 Å². The summed E-state index contributed by atoms with van der Waals surface area (Å²) in [5, 5.41) is 8.25. The Labute approximate surface area is 62.4 Å². The van der Waals surface area contributed by atoms with Crippen LogP contribution in [0.3, 0.4) is 0 Å². The quantitative estimate of drug-likeness (QED) is 0.621. The summed E-state index contributed by atoms with van der Waals surface area (Å²) < 4.78 is 12.1. The van der Waals surface area contributed by atoms with E-state index in [0.717, 1.165) is 0 Å². The molecule has 0 bridgehead atoms. The first-order chi connectivity index (χ1) is 4.57. The number of hydrogen-bond acceptors (Lipinski definition) is 2. The number of nitrogens with zero attached hydrogens (tertiary/aromatic N) is 1. The third kappa shape index (κ3) is 3.58. The molecule has 1 atom stereocenters. The third-order valence-corrected chi connectivity index (χ3v) is 2.27. The van der Waals surface area contributed by atoms with Crippen LogP contribution < -0.4 is 0 Å². The molecule has 0 aliphatic carbocycles. The number of aliphatic carboxylic acids is 1. The monoisotopic (exact) mass is 165 g/mol. The minimum Gasteiger partial charge on any atom is -0.480 e. The van der Waals surface area contributed by atoms with Crippen molar-refractivity contribution in [2.24, 2.45) is 0 Å². The summed E-state index contributed by atoms with van der Waals surface area (Å²) in [6.07, 6.45) is 0. The second-order valence-electron chi connectivity index (χ2n) is 1.79. The molecule has 1 unspecified atom stereocenters. The van der Waals surface area contributed by atoms with Gasteiger partial charge in [0.1, 0.15) is 6.54 Å². The summed E-state index contributed by atoms with van der Waals surface area (Å²) in [6.45, 7) is 1.58. The van der Waals surface area contributed by atoms with Gasteiger partial charge in [-0.2, -0.15) is 0 Å². The number of likely N-dealkylation sites (N-methyl/N-ethyl adjacent to an activating group) is 1. The Balaban J connectivity index is 3.72. The van der Waals surface area contributed by atoms with Crippen molar-refractivity contribution in [3.8, 4) is 0 Å². The average molecular weight is 165 g/mol. The number of rotatable bonds is 4. The molecular weight excluding hydrogens is 154 g/mol. The highest BCUT2D eigenvalue weighted by molar-refractivity contribution is 7.82. The Morgan fingerprint density at radius 1 is 1.70 bits per heavy atom. The van der Waals surface area contributed by atoms with Gasteiger partial charge in [0, 0.05) is 12.8 Å². The molecule has 0 saturated carbocycles. The van der Waals surface area contributed by atoms with Crippen molar-refractivity contribution < 1.29 is 14.1 Å². The molecular formula is C5H11NO3S. The zero-order valence-corrected chi connectivity index (χ0v) is 6.85. The SMILES string of the molecule is CCS(=O)N(C)CC(=O)O. The van der Waals surface area contributed by atoms with Gasteiger partial charge in [-0.25, -0.2) is 8.51 Å². The minimum absolute atomic E-state index is 0.166. The Morgan fingerprint density at radius 3 is 2.50 bits per heavy atom. The van der Waals surface area contributed by atoms with Crippen LogP contribution in [0.4, 0.5) is 0 Å². The largest absolute Gasteiger partial charge is 0.480 e. The van der Waals surface area contributed by atoms with E-state index < -0.39 is 17.0 Å². The van der Waals surface area contributed by atoms with Gasteiger partial charge < -0.3 is 5.11 Å². The number of hydrogen-bond donors (Lipinski definition) is 1. The maximum Gasteiger partial charge on any atom is 0.318 e. The lowest BCUT2D eigenvalue weighted by Crippen LogP contribution is -2.28. The van der Waals surface area contributed by atoms with E-state index in [0.29, 0.717) is 5.75 Å². The first kappa shape index (κ1) is 9.58. The van der Waals surface area contributed by atoms with Gasteiger partial charge in [-0.3, -0.25) is 4.79 Å². The van der Waals surface area contributed by atoms with E-state index in [1.807, 2.05) is 0 Å². The highest BCUT2D eigenvalue weighted by Crippen LogP contribution is 1.89. The summed E-state index contributed by atoms with van der Waals surface area (Å²) in [7, 11) is 0.382. The van der Waals surface area contributed by atoms with Crippen LogP contribution in [0.2, 0.25) is 0 Å². The average Bonchev–Trinajstić information content (AvgIpc) is 1.85. The number of carboxylic acid groups (broad SMARTS) is 1. The summed E-state index contributed by atoms with van der Waals surface area (Å²) in [5.74, 6) is -0.492. The van der Waals surface area contributed by atoms with E-state index in [1.54, 1.807) is 6.92 Å². The summed E-state index contributed by atoms with van der Waals surface area (Å²) in [5.41, 5.74) is 0. The lowest BCUT2D eigenvalue weighted by Gasteiger charge is -2.10. The van der Waals surface area contributed by atoms with Crippen LogP contribution in [-0.4, -0.2) is 38.9 Å². The molecule has 0 saturated heterocycles. The maximum atomic E-state index is 10.8. The van der Waals surface area contributed by atoms with Crippen LogP contribution in [0.25, 0.3) is 0 Å². The summed E-state index contributed by atoms with van der Waals surface area (Å²) in [6, 6.07) is 0. The molecule has 10 heavy (non-hydrogen) atoms. The molecule has 0 aliphatic heterocycles. The Hall–Kier alpha value is -0.420. The lowest BCUT2D eigenvalue weighted by atomic mass is 10.7. The van der Waals surface area contributed by atoms with Gasteiger partial charge in [0.15, 0.2) is 0 Å². The van der Waals surface area contributed by atoms with Crippen LogP contribution in [0.5, 0.6) is 0 Å². The van der Waals surface area contributed by atoms with E-state index in [1.165, 1.54) is 11.4 Å². The molecule has 0 radical (unpaired) electrons. The maximum absolute atomic E-state index is 10.8.